The molecule has 0 saturated carbocycles. The van der Waals surface area contributed by atoms with Crippen LogP contribution in [-0.2, 0) is 0 Å². The molecule has 5 rings (SSSR count). The van der Waals surface area contributed by atoms with Crippen LogP contribution in [-0.4, -0.2) is 34.4 Å². The van der Waals surface area contributed by atoms with Gasteiger partial charge in [-0.1, -0.05) is 23.2 Å². The van der Waals surface area contributed by atoms with Gasteiger partial charge in [0.05, 0.1) is 5.41 Å². The van der Waals surface area contributed by atoms with Crippen LogP contribution in [0.2, 0.25) is 5.02 Å². The van der Waals surface area contributed by atoms with Gasteiger partial charge in [0, 0.05) is 46.8 Å². The molecule has 2 N–H and O–H groups in total. The Morgan fingerprint density at radius 3 is 2.61 bits per heavy atom. The van der Waals surface area contributed by atoms with Crippen molar-refractivity contribution < 1.29 is 9.18 Å². The van der Waals surface area contributed by atoms with Crippen LogP contribution in [0, 0.1) is 16.6 Å². The van der Waals surface area contributed by atoms with Crippen molar-refractivity contribution >= 4 is 41.2 Å². The molecule has 2 heterocycles. The van der Waals surface area contributed by atoms with E-state index in [0.717, 1.165) is 28.4 Å². The number of halogens is 2. The van der Waals surface area contributed by atoms with Crippen molar-refractivity contribution in [3.05, 3.63) is 112 Å². The number of aromatic nitrogens is 1. The first-order chi connectivity index (χ1) is 17.5. The van der Waals surface area contributed by atoms with Crippen molar-refractivity contribution in [2.45, 2.75) is 17.7 Å². The Hall–Kier alpha value is -3.26. The molecule has 1 saturated heterocycles. The molecule has 0 bridgehead atoms. The van der Waals surface area contributed by atoms with E-state index in [1.807, 2.05) is 36.4 Å². The Labute approximate surface area is 218 Å². The predicted octanol–water partition coefficient (Wildman–Crippen LogP) is 6.80. The van der Waals surface area contributed by atoms with E-state index in [9.17, 15) is 9.18 Å². The summed E-state index contributed by atoms with van der Waals surface area (Å²) in [5, 5.41) is 12.1. The van der Waals surface area contributed by atoms with Crippen molar-refractivity contribution in [3.63, 3.8) is 0 Å². The predicted molar refractivity (Wildman–Crippen MR) is 143 cm³/mol. The summed E-state index contributed by atoms with van der Waals surface area (Å²) in [7, 11) is 0. The third-order valence-electron chi connectivity index (χ3n) is 6.53. The van der Waals surface area contributed by atoms with E-state index in [4.69, 9.17) is 17.0 Å². The quantitative estimate of drug-likeness (QED) is 0.204. The van der Waals surface area contributed by atoms with Gasteiger partial charge in [0.25, 0.3) is 0 Å². The number of carbonyl (C=O) groups excluding carboxylic acids is 1. The highest BCUT2D eigenvalue weighted by Gasteiger charge is 2.49. The van der Waals surface area contributed by atoms with E-state index in [0.29, 0.717) is 35.7 Å². The van der Waals surface area contributed by atoms with Gasteiger partial charge in [0.1, 0.15) is 11.5 Å². The molecule has 0 amide bonds. The van der Waals surface area contributed by atoms with Gasteiger partial charge in [0.2, 0.25) is 0 Å². The van der Waals surface area contributed by atoms with E-state index in [1.165, 1.54) is 18.3 Å². The largest absolute Gasteiger partial charge is 0.355 e. The summed E-state index contributed by atoms with van der Waals surface area (Å²) in [6.45, 7) is 1.25. The van der Waals surface area contributed by atoms with E-state index >= 15 is 0 Å². The number of piperidine rings is 1. The lowest BCUT2D eigenvalue weighted by atomic mass is 9.65. The highest BCUT2D eigenvalue weighted by Crippen LogP contribution is 2.48. The van der Waals surface area contributed by atoms with Crippen molar-refractivity contribution in [2.24, 2.45) is 5.41 Å². The van der Waals surface area contributed by atoms with Crippen molar-refractivity contribution in [2.75, 3.05) is 18.4 Å². The number of hydrogen-bond donors (Lipinski definition) is 2. The lowest BCUT2D eigenvalue weighted by Crippen LogP contribution is -2.49. The number of fused-ring (bicyclic) bond motifs is 1. The highest BCUT2D eigenvalue weighted by molar-refractivity contribution is 7.97. The summed E-state index contributed by atoms with van der Waals surface area (Å²) in [6.07, 6.45) is 6.00. The summed E-state index contributed by atoms with van der Waals surface area (Å²) in [4.78, 5) is 19.5. The second kappa shape index (κ2) is 10.4. The average Bonchev–Trinajstić information content (AvgIpc) is 2.91. The van der Waals surface area contributed by atoms with Crippen LogP contribution in [0.4, 0.5) is 10.1 Å². The van der Waals surface area contributed by atoms with Crippen LogP contribution in [0.15, 0.2) is 101 Å². The molecule has 5 nitrogen and oxygen atoms in total. The second-order valence-electron chi connectivity index (χ2n) is 8.85. The highest BCUT2D eigenvalue weighted by atomic mass is 35.5. The molecular weight excluding hydrogens is 495 g/mol. The Balaban J connectivity index is 1.50. The summed E-state index contributed by atoms with van der Waals surface area (Å²) in [5.74, 6) is -0.356. The fraction of sp³-hybridized carbons (Fsp3) is 0.179. The molecule has 1 atom stereocenters. The molecule has 182 valence electrons. The third kappa shape index (κ3) is 5.00. The number of allylic oxidation sites excluding steroid dienone is 2. The summed E-state index contributed by atoms with van der Waals surface area (Å²) in [6, 6.07) is 19.1. The average molecular weight is 519 g/mol. The van der Waals surface area contributed by atoms with Crippen LogP contribution in [0.1, 0.15) is 23.3 Å². The Morgan fingerprint density at radius 2 is 1.92 bits per heavy atom. The first kappa shape index (κ1) is 24.4. The molecule has 3 aromatic rings. The smallest absolute Gasteiger partial charge is 0.192 e. The SMILES string of the molecule is N=CC1=C(Nc2ccc(F)cc2)C=C2CCN(Sc3ccc(Cl)cc3)CC2(C(=O)c2ccccn2)C1. The molecule has 36 heavy (non-hydrogen) atoms. The van der Waals surface area contributed by atoms with Crippen molar-refractivity contribution in [1.29, 1.82) is 5.41 Å². The molecule has 8 heteroatoms. The molecule has 1 unspecified atom stereocenters. The Bertz CT molecular complexity index is 1340. The third-order valence-corrected chi connectivity index (χ3v) is 7.83. The van der Waals surface area contributed by atoms with Crippen LogP contribution in [0.5, 0.6) is 0 Å². The van der Waals surface area contributed by atoms with Crippen molar-refractivity contribution in [1.82, 2.24) is 9.29 Å². The zero-order valence-electron chi connectivity index (χ0n) is 19.4. The molecule has 1 aromatic heterocycles. The normalized spacial score (nSPS) is 19.9. The lowest BCUT2D eigenvalue weighted by molar-refractivity contribution is 0.0775. The molecule has 2 aliphatic rings. The fourth-order valence-corrected chi connectivity index (χ4v) is 5.88. The summed E-state index contributed by atoms with van der Waals surface area (Å²) in [5.41, 5.74) is 2.79. The number of anilines is 1. The van der Waals surface area contributed by atoms with Gasteiger partial charge in [-0.2, -0.15) is 0 Å². The van der Waals surface area contributed by atoms with Gasteiger partial charge in [-0.25, -0.2) is 8.70 Å². The van der Waals surface area contributed by atoms with Gasteiger partial charge in [-0.15, -0.1) is 0 Å². The number of carbonyl (C=O) groups is 1. The number of hydrogen-bond acceptors (Lipinski definition) is 6. The lowest BCUT2D eigenvalue weighted by Gasteiger charge is -2.45. The molecule has 2 aromatic carbocycles. The molecule has 0 spiro atoms. The maximum atomic E-state index is 14.0. The molecule has 1 aliphatic carbocycles. The zero-order valence-corrected chi connectivity index (χ0v) is 21.0. The standard InChI is InChI=1S/C28H24ClFN4OS/c29-21-4-10-24(11-5-21)36-34-14-12-20-15-26(33-23-8-6-22(30)7-9-23)19(17-31)16-28(20,18-34)27(35)25-3-1-2-13-32-25/h1-11,13,15,17,31,33H,12,14,16,18H2. The van der Waals surface area contributed by atoms with E-state index in [2.05, 4.69) is 14.6 Å². The number of Topliss-reactive ketones (excluding diaryl/α,β-unsaturated/α-hetero) is 1. The topological polar surface area (TPSA) is 69.1 Å². The van der Waals surface area contributed by atoms with Crippen LogP contribution < -0.4 is 5.32 Å². The van der Waals surface area contributed by atoms with Gasteiger partial charge in [-0.3, -0.25) is 9.78 Å². The minimum atomic E-state index is -0.840. The van der Waals surface area contributed by atoms with Gasteiger partial charge < -0.3 is 10.7 Å². The van der Waals surface area contributed by atoms with Crippen LogP contribution in [0.3, 0.4) is 0 Å². The maximum absolute atomic E-state index is 14.0. The number of rotatable bonds is 7. The van der Waals surface area contributed by atoms with Crippen LogP contribution >= 0.6 is 23.5 Å². The number of nitrogens with zero attached hydrogens (tertiary/aromatic N) is 2. The van der Waals surface area contributed by atoms with Gasteiger partial charge in [-0.05, 0) is 97.1 Å². The molecule has 1 aliphatic heterocycles. The van der Waals surface area contributed by atoms with Gasteiger partial charge in [0.15, 0.2) is 5.78 Å². The van der Waals surface area contributed by atoms with Gasteiger partial charge >= 0.3 is 0 Å². The molecule has 0 radical (unpaired) electrons. The summed E-state index contributed by atoms with van der Waals surface area (Å²) >= 11 is 7.66. The molecule has 1 fully saturated rings. The van der Waals surface area contributed by atoms with E-state index in [1.54, 1.807) is 42.4 Å². The number of benzene rings is 2. The number of pyridine rings is 1. The fourth-order valence-electron chi connectivity index (χ4n) is 4.73. The van der Waals surface area contributed by atoms with E-state index in [-0.39, 0.29) is 11.6 Å². The van der Waals surface area contributed by atoms with E-state index < -0.39 is 5.41 Å². The minimum absolute atomic E-state index is 0.0454. The Kier molecular flexibility index (Phi) is 7.05. The first-order valence-corrected chi connectivity index (χ1v) is 12.7. The molecular formula is C28H24ClFN4OS. The number of ketones is 1. The monoisotopic (exact) mass is 518 g/mol. The van der Waals surface area contributed by atoms with Crippen LogP contribution in [0.25, 0.3) is 0 Å². The summed E-state index contributed by atoms with van der Waals surface area (Å²) < 4.78 is 15.6. The second-order valence-corrected chi connectivity index (χ2v) is 10.5. The zero-order chi connectivity index (χ0) is 25.1. The first-order valence-electron chi connectivity index (χ1n) is 11.6. The number of nitrogens with one attached hydrogen (secondary N) is 2. The van der Waals surface area contributed by atoms with Crippen molar-refractivity contribution in [3.8, 4) is 0 Å². The minimum Gasteiger partial charge on any atom is -0.355 e. The Morgan fingerprint density at radius 1 is 1.14 bits per heavy atom. The maximum Gasteiger partial charge on any atom is 0.192 e.